The Morgan fingerprint density at radius 1 is 1.37 bits per heavy atom. The molecule has 2 rings (SSSR count). The third-order valence-electron chi connectivity index (χ3n) is 2.92. The maximum atomic E-state index is 5.78. The molecule has 2 aromatic rings. The van der Waals surface area contributed by atoms with E-state index in [0.717, 1.165) is 22.9 Å². The molecule has 0 atom stereocenters. The van der Waals surface area contributed by atoms with Crippen LogP contribution in [0.15, 0.2) is 29.6 Å². The highest BCUT2D eigenvalue weighted by atomic mass is 32.1. The average molecular weight is 276 g/mol. The zero-order valence-electron chi connectivity index (χ0n) is 11.4. The number of nitrogens with two attached hydrogens (primary N) is 1. The summed E-state index contributed by atoms with van der Waals surface area (Å²) in [4.78, 5) is 4.42. The van der Waals surface area contributed by atoms with Crippen LogP contribution in [0.4, 0.5) is 0 Å². The fourth-order valence-corrected chi connectivity index (χ4v) is 2.57. The van der Waals surface area contributed by atoms with Gasteiger partial charge in [0.1, 0.15) is 5.75 Å². The molecule has 0 unspecified atom stereocenters. The summed E-state index contributed by atoms with van der Waals surface area (Å²) in [5, 5.41) is 3.09. The third-order valence-corrected chi connectivity index (χ3v) is 3.88. The number of aromatic nitrogens is 1. The lowest BCUT2D eigenvalue weighted by Crippen LogP contribution is -2.02. The Bertz CT molecular complexity index is 522. The van der Waals surface area contributed by atoms with Crippen LogP contribution in [-0.2, 0) is 13.0 Å². The largest absolute Gasteiger partial charge is 0.493 e. The van der Waals surface area contributed by atoms with Crippen molar-refractivity contribution in [3.05, 3.63) is 45.9 Å². The van der Waals surface area contributed by atoms with Crippen LogP contribution in [0.5, 0.6) is 5.75 Å². The maximum Gasteiger partial charge on any atom is 0.119 e. The molecule has 4 heteroatoms. The Hall–Kier alpha value is -1.39. The van der Waals surface area contributed by atoms with Gasteiger partial charge >= 0.3 is 0 Å². The van der Waals surface area contributed by atoms with Crippen LogP contribution in [0.2, 0.25) is 0 Å². The van der Waals surface area contributed by atoms with E-state index in [-0.39, 0.29) is 0 Å². The van der Waals surface area contributed by atoms with Crippen molar-refractivity contribution in [1.82, 2.24) is 4.98 Å². The number of hydrogen-bond acceptors (Lipinski definition) is 4. The molecule has 102 valence electrons. The molecule has 0 saturated heterocycles. The predicted octanol–water partition coefficient (Wildman–Crippen LogP) is 3.35. The van der Waals surface area contributed by atoms with Crippen LogP contribution < -0.4 is 10.5 Å². The van der Waals surface area contributed by atoms with E-state index in [1.165, 1.54) is 5.56 Å². The number of benzene rings is 1. The molecule has 0 spiro atoms. The van der Waals surface area contributed by atoms with Crippen LogP contribution in [0.1, 0.15) is 36.0 Å². The van der Waals surface area contributed by atoms with Gasteiger partial charge in [0.2, 0.25) is 0 Å². The van der Waals surface area contributed by atoms with Gasteiger partial charge in [-0.05, 0) is 23.6 Å². The lowest BCUT2D eigenvalue weighted by Gasteiger charge is -2.09. The molecular weight excluding hydrogens is 256 g/mol. The van der Waals surface area contributed by atoms with Gasteiger partial charge in [-0.2, -0.15) is 0 Å². The fraction of sp³-hybridized carbons (Fsp3) is 0.400. The zero-order chi connectivity index (χ0) is 13.7. The number of thiazole rings is 1. The van der Waals surface area contributed by atoms with Gasteiger partial charge in [-0.3, -0.25) is 0 Å². The summed E-state index contributed by atoms with van der Waals surface area (Å²) in [6.07, 6.45) is 0.830. The van der Waals surface area contributed by atoms with Gasteiger partial charge in [-0.1, -0.05) is 26.0 Å². The van der Waals surface area contributed by atoms with Crippen LogP contribution in [0.25, 0.3) is 0 Å². The van der Waals surface area contributed by atoms with Crippen LogP contribution in [0, 0.1) is 0 Å². The molecule has 1 heterocycles. The molecule has 0 aliphatic carbocycles. The standard InChI is InChI=1S/C15H20N2OS/c1-11(2)12-4-3-5-14(8-12)18-7-6-15-17-13(9-16)10-19-15/h3-5,8,10-11H,6-7,9,16H2,1-2H3. The minimum absolute atomic E-state index is 0.508. The summed E-state index contributed by atoms with van der Waals surface area (Å²) in [5.74, 6) is 1.46. The molecular formula is C15H20N2OS. The van der Waals surface area contributed by atoms with Crippen molar-refractivity contribution in [1.29, 1.82) is 0 Å². The quantitative estimate of drug-likeness (QED) is 0.880. The van der Waals surface area contributed by atoms with Gasteiger partial charge < -0.3 is 10.5 Å². The number of nitrogens with zero attached hydrogens (tertiary/aromatic N) is 1. The summed E-state index contributed by atoms with van der Waals surface area (Å²) in [7, 11) is 0. The van der Waals surface area contributed by atoms with Crippen molar-refractivity contribution in [2.45, 2.75) is 32.7 Å². The monoisotopic (exact) mass is 276 g/mol. The van der Waals surface area contributed by atoms with Gasteiger partial charge in [0.25, 0.3) is 0 Å². The molecule has 0 bridgehead atoms. The molecule has 0 aliphatic heterocycles. The Labute approximate surface area is 118 Å². The molecule has 0 fully saturated rings. The molecule has 1 aromatic heterocycles. The van der Waals surface area contributed by atoms with Gasteiger partial charge in [0.15, 0.2) is 0 Å². The smallest absolute Gasteiger partial charge is 0.119 e. The van der Waals surface area contributed by atoms with E-state index in [0.29, 0.717) is 19.1 Å². The van der Waals surface area contributed by atoms with Crippen LogP contribution >= 0.6 is 11.3 Å². The second-order valence-electron chi connectivity index (χ2n) is 4.76. The molecule has 0 amide bonds. The van der Waals surface area contributed by atoms with Gasteiger partial charge in [-0.25, -0.2) is 4.98 Å². The van der Waals surface area contributed by atoms with Crippen molar-refractivity contribution in [2.24, 2.45) is 5.73 Å². The van der Waals surface area contributed by atoms with Crippen molar-refractivity contribution >= 4 is 11.3 Å². The Morgan fingerprint density at radius 3 is 2.89 bits per heavy atom. The molecule has 1 aromatic carbocycles. The first kappa shape index (κ1) is 14.0. The first-order chi connectivity index (χ1) is 9.19. The molecule has 3 nitrogen and oxygen atoms in total. The van der Waals surface area contributed by atoms with E-state index in [4.69, 9.17) is 10.5 Å². The normalized spacial score (nSPS) is 10.9. The van der Waals surface area contributed by atoms with E-state index in [2.05, 4.69) is 31.0 Å². The highest BCUT2D eigenvalue weighted by Crippen LogP contribution is 2.20. The molecule has 0 saturated carbocycles. The first-order valence-electron chi connectivity index (χ1n) is 6.55. The van der Waals surface area contributed by atoms with Gasteiger partial charge in [-0.15, -0.1) is 11.3 Å². The molecule has 2 N–H and O–H groups in total. The van der Waals surface area contributed by atoms with Crippen LogP contribution in [-0.4, -0.2) is 11.6 Å². The topological polar surface area (TPSA) is 48.1 Å². The van der Waals surface area contributed by atoms with E-state index < -0.39 is 0 Å². The fourth-order valence-electron chi connectivity index (χ4n) is 1.78. The Kier molecular flexibility index (Phi) is 4.93. The van der Waals surface area contributed by atoms with Crippen molar-refractivity contribution in [3.63, 3.8) is 0 Å². The minimum atomic E-state index is 0.508. The van der Waals surface area contributed by atoms with E-state index in [1.807, 2.05) is 17.5 Å². The van der Waals surface area contributed by atoms with Crippen molar-refractivity contribution < 1.29 is 4.74 Å². The Balaban J connectivity index is 1.86. The molecule has 0 aliphatic rings. The van der Waals surface area contributed by atoms with E-state index in [9.17, 15) is 0 Å². The Morgan fingerprint density at radius 2 is 2.21 bits per heavy atom. The number of rotatable bonds is 6. The minimum Gasteiger partial charge on any atom is -0.493 e. The first-order valence-corrected chi connectivity index (χ1v) is 7.43. The average Bonchev–Trinajstić information content (AvgIpc) is 2.87. The second kappa shape index (κ2) is 6.68. The highest BCUT2D eigenvalue weighted by molar-refractivity contribution is 7.09. The highest BCUT2D eigenvalue weighted by Gasteiger charge is 2.03. The SMILES string of the molecule is CC(C)c1cccc(OCCc2nc(CN)cs2)c1. The lowest BCUT2D eigenvalue weighted by molar-refractivity contribution is 0.321. The van der Waals surface area contributed by atoms with Crippen molar-refractivity contribution in [2.75, 3.05) is 6.61 Å². The summed E-state index contributed by atoms with van der Waals surface area (Å²) >= 11 is 1.65. The zero-order valence-corrected chi connectivity index (χ0v) is 12.2. The summed E-state index contributed by atoms with van der Waals surface area (Å²) in [6, 6.07) is 8.28. The number of ether oxygens (including phenoxy) is 1. The van der Waals surface area contributed by atoms with Gasteiger partial charge in [0.05, 0.1) is 17.3 Å². The second-order valence-corrected chi connectivity index (χ2v) is 5.71. The summed E-state index contributed by atoms with van der Waals surface area (Å²) in [5.41, 5.74) is 7.80. The lowest BCUT2D eigenvalue weighted by atomic mass is 10.0. The van der Waals surface area contributed by atoms with Gasteiger partial charge in [0, 0.05) is 18.3 Å². The van der Waals surface area contributed by atoms with Crippen LogP contribution in [0.3, 0.4) is 0 Å². The van der Waals surface area contributed by atoms with E-state index >= 15 is 0 Å². The van der Waals surface area contributed by atoms with Crippen molar-refractivity contribution in [3.8, 4) is 5.75 Å². The third kappa shape index (κ3) is 4.04. The maximum absolute atomic E-state index is 5.78. The van der Waals surface area contributed by atoms with E-state index in [1.54, 1.807) is 11.3 Å². The summed E-state index contributed by atoms with van der Waals surface area (Å²) < 4.78 is 5.78. The number of hydrogen-bond donors (Lipinski definition) is 1. The predicted molar refractivity (Wildman–Crippen MR) is 79.7 cm³/mol. The molecule has 0 radical (unpaired) electrons. The molecule has 19 heavy (non-hydrogen) atoms. The summed E-state index contributed by atoms with van der Waals surface area (Å²) in [6.45, 7) is 5.53.